The molecule has 1 aromatic carbocycles. The number of nitrogens with zero attached hydrogens (tertiary/aromatic N) is 2. The zero-order valence-electron chi connectivity index (χ0n) is 12.6. The van der Waals surface area contributed by atoms with E-state index in [1.807, 2.05) is 38.1 Å². The molecule has 1 heterocycles. The molecular formula is C16H21ClN2O. The van der Waals surface area contributed by atoms with Gasteiger partial charge in [-0.3, -0.25) is 0 Å². The quantitative estimate of drug-likeness (QED) is 0.797. The van der Waals surface area contributed by atoms with E-state index in [-0.39, 0.29) is 17.3 Å². The van der Waals surface area contributed by atoms with Crippen LogP contribution in [0.5, 0.6) is 0 Å². The summed E-state index contributed by atoms with van der Waals surface area (Å²) in [6, 6.07) is 7.85. The van der Waals surface area contributed by atoms with E-state index in [0.717, 1.165) is 10.6 Å². The van der Waals surface area contributed by atoms with Crippen LogP contribution in [-0.2, 0) is 0 Å². The lowest BCUT2D eigenvalue weighted by atomic mass is 9.76. The molecule has 2 rings (SSSR count). The molecule has 0 bridgehead atoms. The fourth-order valence-electron chi connectivity index (χ4n) is 2.26. The molecule has 2 aromatic rings. The maximum atomic E-state index is 5.97. The first-order valence-corrected chi connectivity index (χ1v) is 7.25. The van der Waals surface area contributed by atoms with Crippen LogP contribution in [0.25, 0.3) is 0 Å². The third kappa shape index (κ3) is 3.21. The SMILES string of the molecule is CC(C)c1nnc(C(c2ccc(Cl)cc2)C(C)(C)C)o1. The Labute approximate surface area is 125 Å². The summed E-state index contributed by atoms with van der Waals surface area (Å²) in [5.41, 5.74) is 1.12. The minimum atomic E-state index is -0.0192. The van der Waals surface area contributed by atoms with Crippen molar-refractivity contribution in [1.29, 1.82) is 0 Å². The molecule has 0 saturated heterocycles. The van der Waals surface area contributed by atoms with Gasteiger partial charge in [0, 0.05) is 10.9 Å². The lowest BCUT2D eigenvalue weighted by Gasteiger charge is -2.28. The first-order valence-electron chi connectivity index (χ1n) is 6.88. The number of rotatable bonds is 3. The topological polar surface area (TPSA) is 38.9 Å². The van der Waals surface area contributed by atoms with Crippen molar-refractivity contribution in [2.75, 3.05) is 0 Å². The third-order valence-electron chi connectivity index (χ3n) is 3.27. The van der Waals surface area contributed by atoms with Crippen LogP contribution in [0, 0.1) is 5.41 Å². The van der Waals surface area contributed by atoms with Gasteiger partial charge in [-0.1, -0.05) is 58.4 Å². The summed E-state index contributed by atoms with van der Waals surface area (Å²) in [6.45, 7) is 10.6. The number of halogens is 1. The number of benzene rings is 1. The highest BCUT2D eigenvalue weighted by Crippen LogP contribution is 2.40. The molecule has 0 N–H and O–H groups in total. The first kappa shape index (κ1) is 15.0. The monoisotopic (exact) mass is 292 g/mol. The molecule has 108 valence electrons. The van der Waals surface area contributed by atoms with Crippen molar-refractivity contribution in [2.24, 2.45) is 5.41 Å². The highest BCUT2D eigenvalue weighted by molar-refractivity contribution is 6.30. The van der Waals surface area contributed by atoms with Gasteiger partial charge in [-0.05, 0) is 23.1 Å². The lowest BCUT2D eigenvalue weighted by molar-refractivity contribution is 0.297. The van der Waals surface area contributed by atoms with Crippen LogP contribution < -0.4 is 0 Å². The van der Waals surface area contributed by atoms with E-state index in [1.165, 1.54) is 0 Å². The van der Waals surface area contributed by atoms with Crippen LogP contribution in [0.2, 0.25) is 5.02 Å². The molecule has 3 nitrogen and oxygen atoms in total. The summed E-state index contributed by atoms with van der Waals surface area (Å²) >= 11 is 5.97. The highest BCUT2D eigenvalue weighted by Gasteiger charge is 2.32. The predicted octanol–water partition coefficient (Wildman–Crippen LogP) is 5.02. The molecule has 4 heteroatoms. The maximum Gasteiger partial charge on any atom is 0.224 e. The van der Waals surface area contributed by atoms with E-state index in [9.17, 15) is 0 Å². The molecule has 0 aliphatic carbocycles. The van der Waals surface area contributed by atoms with Crippen molar-refractivity contribution in [3.63, 3.8) is 0 Å². The van der Waals surface area contributed by atoms with Crippen LogP contribution in [0.3, 0.4) is 0 Å². The largest absolute Gasteiger partial charge is 0.424 e. The normalized spacial score (nSPS) is 13.8. The fourth-order valence-corrected chi connectivity index (χ4v) is 2.39. The lowest BCUT2D eigenvalue weighted by Crippen LogP contribution is -2.20. The molecule has 1 unspecified atom stereocenters. The Hall–Kier alpha value is -1.35. The van der Waals surface area contributed by atoms with Gasteiger partial charge in [0.2, 0.25) is 11.8 Å². The summed E-state index contributed by atoms with van der Waals surface area (Å²) in [4.78, 5) is 0. The van der Waals surface area contributed by atoms with Crippen molar-refractivity contribution >= 4 is 11.6 Å². The smallest absolute Gasteiger partial charge is 0.224 e. The third-order valence-corrected chi connectivity index (χ3v) is 3.52. The van der Waals surface area contributed by atoms with Crippen LogP contribution in [0.15, 0.2) is 28.7 Å². The van der Waals surface area contributed by atoms with Gasteiger partial charge < -0.3 is 4.42 Å². The number of hydrogen-bond acceptors (Lipinski definition) is 3. The summed E-state index contributed by atoms with van der Waals surface area (Å²) < 4.78 is 5.86. The summed E-state index contributed by atoms with van der Waals surface area (Å²) in [5, 5.41) is 9.14. The predicted molar refractivity (Wildman–Crippen MR) is 81.1 cm³/mol. The minimum Gasteiger partial charge on any atom is -0.424 e. The summed E-state index contributed by atoms with van der Waals surface area (Å²) in [6.07, 6.45) is 0. The van der Waals surface area contributed by atoms with Crippen molar-refractivity contribution in [2.45, 2.75) is 46.5 Å². The van der Waals surface area contributed by atoms with Gasteiger partial charge in [0.1, 0.15) is 0 Å². The molecule has 1 atom stereocenters. The molecule has 1 aromatic heterocycles. The standard InChI is InChI=1S/C16H21ClN2O/c1-10(2)14-18-19-15(20-14)13(16(3,4)5)11-6-8-12(17)9-7-11/h6-10,13H,1-5H3. The molecule has 0 radical (unpaired) electrons. The summed E-state index contributed by atoms with van der Waals surface area (Å²) in [7, 11) is 0. The van der Waals surface area contributed by atoms with Gasteiger partial charge >= 0.3 is 0 Å². The second-order valence-corrected chi connectivity index (χ2v) is 6.92. The molecule has 0 aliphatic heterocycles. The molecule has 0 spiro atoms. The van der Waals surface area contributed by atoms with E-state index >= 15 is 0 Å². The van der Waals surface area contributed by atoms with Gasteiger partial charge in [-0.15, -0.1) is 10.2 Å². The molecule has 0 amide bonds. The van der Waals surface area contributed by atoms with Crippen LogP contribution in [0.1, 0.15) is 63.8 Å². The molecule has 20 heavy (non-hydrogen) atoms. The van der Waals surface area contributed by atoms with Crippen LogP contribution >= 0.6 is 11.6 Å². The maximum absolute atomic E-state index is 5.97. The van der Waals surface area contributed by atoms with Crippen molar-refractivity contribution in [3.05, 3.63) is 46.6 Å². The van der Waals surface area contributed by atoms with Crippen molar-refractivity contribution in [1.82, 2.24) is 10.2 Å². The average molecular weight is 293 g/mol. The molecular weight excluding hydrogens is 272 g/mol. The van der Waals surface area contributed by atoms with E-state index < -0.39 is 0 Å². The highest BCUT2D eigenvalue weighted by atomic mass is 35.5. The van der Waals surface area contributed by atoms with Crippen LogP contribution in [-0.4, -0.2) is 10.2 Å². The van der Waals surface area contributed by atoms with Crippen LogP contribution in [0.4, 0.5) is 0 Å². The van der Waals surface area contributed by atoms with Gasteiger partial charge in [-0.2, -0.15) is 0 Å². The number of aromatic nitrogens is 2. The Morgan fingerprint density at radius 1 is 1.00 bits per heavy atom. The first-order chi connectivity index (χ1) is 9.29. The second-order valence-electron chi connectivity index (χ2n) is 6.48. The molecule has 0 aliphatic rings. The van der Waals surface area contributed by atoms with Gasteiger partial charge in [0.25, 0.3) is 0 Å². The van der Waals surface area contributed by atoms with Crippen molar-refractivity contribution < 1.29 is 4.42 Å². The Morgan fingerprint density at radius 3 is 2.00 bits per heavy atom. The fraction of sp³-hybridized carbons (Fsp3) is 0.500. The number of hydrogen-bond donors (Lipinski definition) is 0. The molecule has 0 fully saturated rings. The van der Waals surface area contributed by atoms with E-state index in [4.69, 9.17) is 16.0 Å². The Bertz CT molecular complexity index is 567. The Morgan fingerprint density at radius 2 is 1.55 bits per heavy atom. The Balaban J connectivity index is 2.44. The zero-order valence-corrected chi connectivity index (χ0v) is 13.4. The van der Waals surface area contributed by atoms with Crippen molar-refractivity contribution in [3.8, 4) is 0 Å². The van der Waals surface area contributed by atoms with E-state index in [2.05, 4.69) is 31.0 Å². The van der Waals surface area contributed by atoms with E-state index in [0.29, 0.717) is 11.8 Å². The van der Waals surface area contributed by atoms with Gasteiger partial charge in [-0.25, -0.2) is 0 Å². The van der Waals surface area contributed by atoms with Gasteiger partial charge in [0.15, 0.2) is 0 Å². The minimum absolute atomic E-state index is 0.0192. The van der Waals surface area contributed by atoms with Gasteiger partial charge in [0.05, 0.1) is 5.92 Å². The summed E-state index contributed by atoms with van der Waals surface area (Å²) in [5.74, 6) is 1.65. The Kier molecular flexibility index (Phi) is 4.19. The average Bonchev–Trinajstić information content (AvgIpc) is 2.79. The second kappa shape index (κ2) is 5.57. The molecule has 0 saturated carbocycles. The zero-order chi connectivity index (χ0) is 14.9. The van der Waals surface area contributed by atoms with E-state index in [1.54, 1.807) is 0 Å².